The molecule has 0 aliphatic rings. The molecule has 116 valence electrons. The van der Waals surface area contributed by atoms with Crippen molar-refractivity contribution >= 4 is 22.6 Å². The molecule has 0 fully saturated rings. The number of rotatable bonds is 10. The molecule has 1 aromatic heterocycles. The first-order valence-electron chi connectivity index (χ1n) is 8.25. The highest BCUT2D eigenvalue weighted by molar-refractivity contribution is 14.1. The summed E-state index contributed by atoms with van der Waals surface area (Å²) in [6.45, 7) is 9.10. The SMILES string of the molecule is CCCCCCCC(C)(CCCC)n1cnc(C)c1I. The Balaban J connectivity index is 2.68. The van der Waals surface area contributed by atoms with Crippen LogP contribution in [0.1, 0.15) is 84.3 Å². The Morgan fingerprint density at radius 1 is 1.05 bits per heavy atom. The van der Waals surface area contributed by atoms with E-state index in [0.717, 1.165) is 0 Å². The van der Waals surface area contributed by atoms with Crippen molar-refractivity contribution in [2.75, 3.05) is 0 Å². The van der Waals surface area contributed by atoms with Crippen LogP contribution in [0.15, 0.2) is 6.33 Å². The Labute approximate surface area is 138 Å². The molecular weight excluding hydrogens is 359 g/mol. The van der Waals surface area contributed by atoms with Gasteiger partial charge in [-0.15, -0.1) is 0 Å². The van der Waals surface area contributed by atoms with Crippen LogP contribution in [0, 0.1) is 10.6 Å². The molecule has 1 rings (SSSR count). The lowest BCUT2D eigenvalue weighted by molar-refractivity contribution is 0.248. The van der Waals surface area contributed by atoms with Crippen LogP contribution in [0.5, 0.6) is 0 Å². The molecular formula is C17H31IN2. The zero-order valence-corrected chi connectivity index (χ0v) is 15.9. The summed E-state index contributed by atoms with van der Waals surface area (Å²) in [6.07, 6.45) is 14.0. The number of halogens is 1. The normalized spacial score (nSPS) is 14.4. The van der Waals surface area contributed by atoms with Gasteiger partial charge in [-0.1, -0.05) is 58.8 Å². The summed E-state index contributed by atoms with van der Waals surface area (Å²) in [4.78, 5) is 4.50. The number of imidazole rings is 1. The van der Waals surface area contributed by atoms with Crippen LogP contribution >= 0.6 is 22.6 Å². The Bertz CT molecular complexity index is 386. The standard InChI is InChI=1S/C17H31IN2/c1-5-7-9-10-11-13-17(4,12-8-6-2)20-14-19-15(3)16(20)18/h14H,5-13H2,1-4H3. The highest BCUT2D eigenvalue weighted by atomic mass is 127. The molecule has 1 heterocycles. The van der Waals surface area contributed by atoms with Crippen LogP contribution in [0.4, 0.5) is 0 Å². The number of aryl methyl sites for hydroxylation is 1. The Morgan fingerprint density at radius 3 is 2.20 bits per heavy atom. The van der Waals surface area contributed by atoms with E-state index in [0.29, 0.717) is 0 Å². The fourth-order valence-electron chi connectivity index (χ4n) is 2.83. The van der Waals surface area contributed by atoms with Gasteiger partial charge in [-0.2, -0.15) is 0 Å². The van der Waals surface area contributed by atoms with Gasteiger partial charge in [-0.05, 0) is 49.3 Å². The van der Waals surface area contributed by atoms with Gasteiger partial charge in [0, 0.05) is 5.54 Å². The third kappa shape index (κ3) is 5.05. The van der Waals surface area contributed by atoms with Crippen LogP contribution in [0.3, 0.4) is 0 Å². The van der Waals surface area contributed by atoms with Crippen LogP contribution in [0.25, 0.3) is 0 Å². The minimum Gasteiger partial charge on any atom is -0.320 e. The Morgan fingerprint density at radius 2 is 1.65 bits per heavy atom. The largest absolute Gasteiger partial charge is 0.320 e. The summed E-state index contributed by atoms with van der Waals surface area (Å²) in [5.41, 5.74) is 1.42. The van der Waals surface area contributed by atoms with E-state index >= 15 is 0 Å². The zero-order chi connectivity index (χ0) is 15.0. The second kappa shape index (κ2) is 9.06. The average Bonchev–Trinajstić information content (AvgIpc) is 2.77. The highest BCUT2D eigenvalue weighted by Gasteiger charge is 2.27. The fraction of sp³-hybridized carbons (Fsp3) is 0.824. The first kappa shape index (κ1) is 18.0. The molecule has 0 saturated carbocycles. The van der Waals surface area contributed by atoms with E-state index < -0.39 is 0 Å². The molecule has 0 amide bonds. The summed E-state index contributed by atoms with van der Waals surface area (Å²) < 4.78 is 3.74. The summed E-state index contributed by atoms with van der Waals surface area (Å²) in [5.74, 6) is 0. The lowest BCUT2D eigenvalue weighted by atomic mass is 9.88. The molecule has 20 heavy (non-hydrogen) atoms. The van der Waals surface area contributed by atoms with Crippen molar-refractivity contribution in [2.45, 2.75) is 91.0 Å². The van der Waals surface area contributed by atoms with E-state index in [2.05, 4.69) is 66.2 Å². The molecule has 1 atom stereocenters. The van der Waals surface area contributed by atoms with Crippen molar-refractivity contribution in [1.29, 1.82) is 0 Å². The molecule has 0 saturated heterocycles. The van der Waals surface area contributed by atoms with E-state index in [9.17, 15) is 0 Å². The molecule has 0 bridgehead atoms. The third-order valence-electron chi connectivity index (χ3n) is 4.35. The lowest BCUT2D eigenvalue weighted by Gasteiger charge is -2.32. The predicted octanol–water partition coefficient (Wildman–Crippen LogP) is 6.06. The predicted molar refractivity (Wildman–Crippen MR) is 96.2 cm³/mol. The minimum atomic E-state index is 0.250. The van der Waals surface area contributed by atoms with Crippen molar-refractivity contribution in [3.63, 3.8) is 0 Å². The van der Waals surface area contributed by atoms with Gasteiger partial charge in [-0.25, -0.2) is 4.98 Å². The number of hydrogen-bond acceptors (Lipinski definition) is 1. The lowest BCUT2D eigenvalue weighted by Crippen LogP contribution is -2.30. The molecule has 1 aromatic rings. The Hall–Kier alpha value is -0.0600. The van der Waals surface area contributed by atoms with Crippen molar-refractivity contribution in [3.05, 3.63) is 15.7 Å². The van der Waals surface area contributed by atoms with Gasteiger partial charge in [0.15, 0.2) is 0 Å². The molecule has 0 aliphatic carbocycles. The van der Waals surface area contributed by atoms with Gasteiger partial charge in [0.05, 0.1) is 12.0 Å². The fourth-order valence-corrected chi connectivity index (χ4v) is 3.68. The topological polar surface area (TPSA) is 17.8 Å². The number of aromatic nitrogens is 2. The molecule has 0 N–H and O–H groups in total. The molecule has 2 nitrogen and oxygen atoms in total. The van der Waals surface area contributed by atoms with Crippen molar-refractivity contribution < 1.29 is 0 Å². The van der Waals surface area contributed by atoms with E-state index in [1.54, 1.807) is 0 Å². The van der Waals surface area contributed by atoms with Crippen molar-refractivity contribution in [3.8, 4) is 0 Å². The first-order valence-corrected chi connectivity index (χ1v) is 9.33. The number of nitrogens with zero attached hydrogens (tertiary/aromatic N) is 2. The molecule has 0 radical (unpaired) electrons. The van der Waals surface area contributed by atoms with Crippen LogP contribution in [0.2, 0.25) is 0 Å². The Kier molecular flexibility index (Phi) is 8.15. The van der Waals surface area contributed by atoms with Gasteiger partial charge in [-0.3, -0.25) is 0 Å². The van der Waals surface area contributed by atoms with E-state index in [4.69, 9.17) is 0 Å². The van der Waals surface area contributed by atoms with Gasteiger partial charge >= 0.3 is 0 Å². The molecule has 0 aliphatic heterocycles. The van der Waals surface area contributed by atoms with Crippen LogP contribution < -0.4 is 0 Å². The summed E-state index contributed by atoms with van der Waals surface area (Å²) in [6, 6.07) is 0. The maximum atomic E-state index is 4.50. The average molecular weight is 390 g/mol. The van der Waals surface area contributed by atoms with Crippen molar-refractivity contribution in [1.82, 2.24) is 9.55 Å². The zero-order valence-electron chi connectivity index (χ0n) is 13.7. The summed E-state index contributed by atoms with van der Waals surface area (Å²) >= 11 is 2.45. The maximum Gasteiger partial charge on any atom is 0.103 e. The monoisotopic (exact) mass is 390 g/mol. The van der Waals surface area contributed by atoms with Crippen molar-refractivity contribution in [2.24, 2.45) is 0 Å². The van der Waals surface area contributed by atoms with E-state index in [1.165, 1.54) is 67.2 Å². The molecule has 0 aromatic carbocycles. The smallest absolute Gasteiger partial charge is 0.103 e. The first-order chi connectivity index (χ1) is 9.55. The second-order valence-electron chi connectivity index (χ2n) is 6.26. The third-order valence-corrected chi connectivity index (χ3v) is 5.65. The quantitative estimate of drug-likeness (QED) is 0.351. The second-order valence-corrected chi connectivity index (χ2v) is 7.28. The van der Waals surface area contributed by atoms with Crippen LogP contribution in [-0.2, 0) is 5.54 Å². The minimum absolute atomic E-state index is 0.250. The van der Waals surface area contributed by atoms with Gasteiger partial charge < -0.3 is 4.57 Å². The summed E-state index contributed by atoms with van der Waals surface area (Å²) in [7, 11) is 0. The summed E-state index contributed by atoms with van der Waals surface area (Å²) in [5, 5.41) is 0. The van der Waals surface area contributed by atoms with Gasteiger partial charge in [0.1, 0.15) is 3.70 Å². The molecule has 1 unspecified atom stereocenters. The molecule has 0 spiro atoms. The number of hydrogen-bond donors (Lipinski definition) is 0. The number of unbranched alkanes of at least 4 members (excludes halogenated alkanes) is 5. The van der Waals surface area contributed by atoms with E-state index in [-0.39, 0.29) is 5.54 Å². The maximum absolute atomic E-state index is 4.50. The van der Waals surface area contributed by atoms with Crippen LogP contribution in [-0.4, -0.2) is 9.55 Å². The molecule has 3 heteroatoms. The highest BCUT2D eigenvalue weighted by Crippen LogP contribution is 2.32. The van der Waals surface area contributed by atoms with E-state index in [1.807, 2.05) is 0 Å². The van der Waals surface area contributed by atoms with Gasteiger partial charge in [0.2, 0.25) is 0 Å². The van der Waals surface area contributed by atoms with Gasteiger partial charge in [0.25, 0.3) is 0 Å².